The molecular formula is C7H15N3O. The Bertz CT molecular complexity index is 186. The first kappa shape index (κ1) is 8.67. The highest BCUT2D eigenvalue weighted by molar-refractivity contribution is 5.17. The molecule has 0 aromatic rings. The molecular weight excluding hydrogens is 142 g/mol. The van der Waals surface area contributed by atoms with Crippen molar-refractivity contribution in [1.29, 1.82) is 0 Å². The topological polar surface area (TPSA) is 98.3 Å². The molecule has 4 heteroatoms. The van der Waals surface area contributed by atoms with Crippen LogP contribution in [0.5, 0.6) is 0 Å². The number of aliphatic hydroxyl groups is 1. The third-order valence-electron chi connectivity index (χ3n) is 2.00. The highest BCUT2D eigenvalue weighted by Crippen LogP contribution is 2.24. The van der Waals surface area contributed by atoms with Gasteiger partial charge in [0.05, 0.1) is 17.3 Å². The smallest absolute Gasteiger partial charge is 0.0857 e. The van der Waals surface area contributed by atoms with Crippen molar-refractivity contribution in [2.24, 2.45) is 17.2 Å². The first-order valence-electron chi connectivity index (χ1n) is 3.59. The molecule has 1 aliphatic carbocycles. The summed E-state index contributed by atoms with van der Waals surface area (Å²) in [6.07, 6.45) is 3.57. The number of hydrogen-bond donors (Lipinski definition) is 4. The predicted molar refractivity (Wildman–Crippen MR) is 43.5 cm³/mol. The van der Waals surface area contributed by atoms with Crippen LogP contribution < -0.4 is 17.2 Å². The van der Waals surface area contributed by atoms with E-state index >= 15 is 0 Å². The van der Waals surface area contributed by atoms with Gasteiger partial charge >= 0.3 is 0 Å². The summed E-state index contributed by atoms with van der Waals surface area (Å²) in [6.45, 7) is 1.63. The number of rotatable bonds is 0. The van der Waals surface area contributed by atoms with E-state index in [1.54, 1.807) is 19.1 Å². The van der Waals surface area contributed by atoms with Crippen molar-refractivity contribution in [1.82, 2.24) is 0 Å². The van der Waals surface area contributed by atoms with Crippen LogP contribution in [0.4, 0.5) is 0 Å². The molecule has 0 aliphatic heterocycles. The molecule has 2 unspecified atom stereocenters. The number of nitrogens with two attached hydrogens (primary N) is 3. The van der Waals surface area contributed by atoms with Crippen molar-refractivity contribution < 1.29 is 5.11 Å². The van der Waals surface area contributed by atoms with Gasteiger partial charge in [-0.1, -0.05) is 12.2 Å². The molecule has 0 saturated carbocycles. The maximum atomic E-state index is 9.64. The lowest BCUT2D eigenvalue weighted by Crippen LogP contribution is -2.60. The second-order valence-corrected chi connectivity index (χ2v) is 3.53. The second-order valence-electron chi connectivity index (χ2n) is 3.53. The van der Waals surface area contributed by atoms with Gasteiger partial charge in [-0.15, -0.1) is 0 Å². The van der Waals surface area contributed by atoms with Crippen LogP contribution in [-0.2, 0) is 0 Å². The monoisotopic (exact) mass is 157 g/mol. The fourth-order valence-corrected chi connectivity index (χ4v) is 1.29. The molecule has 0 heterocycles. The second kappa shape index (κ2) is 2.28. The van der Waals surface area contributed by atoms with Crippen LogP contribution in [0.1, 0.15) is 13.3 Å². The molecule has 0 amide bonds. The molecule has 1 rings (SSSR count). The summed E-state index contributed by atoms with van der Waals surface area (Å²) in [5.74, 6) is 0. The highest BCUT2D eigenvalue weighted by atomic mass is 16.3. The Morgan fingerprint density at radius 3 is 2.45 bits per heavy atom. The Labute approximate surface area is 66.0 Å². The summed E-state index contributed by atoms with van der Waals surface area (Å²) in [7, 11) is 0. The minimum absolute atomic E-state index is 0.289. The minimum Gasteiger partial charge on any atom is -0.388 e. The van der Waals surface area contributed by atoms with Gasteiger partial charge in [-0.3, -0.25) is 0 Å². The molecule has 0 bridgehead atoms. The fraction of sp³-hybridized carbons (Fsp3) is 0.714. The third kappa shape index (κ3) is 1.78. The van der Waals surface area contributed by atoms with Crippen LogP contribution in [0.25, 0.3) is 0 Å². The quantitative estimate of drug-likeness (QED) is 0.258. The van der Waals surface area contributed by atoms with Crippen molar-refractivity contribution in [2.45, 2.75) is 30.7 Å². The van der Waals surface area contributed by atoms with Crippen LogP contribution in [-0.4, -0.2) is 22.4 Å². The first-order valence-corrected chi connectivity index (χ1v) is 3.59. The first-order chi connectivity index (χ1) is 4.83. The lowest BCUT2D eigenvalue weighted by Gasteiger charge is -2.38. The van der Waals surface area contributed by atoms with E-state index in [1.807, 2.05) is 0 Å². The molecule has 1 aliphatic rings. The lowest BCUT2D eigenvalue weighted by atomic mass is 9.82. The molecule has 0 fully saturated rings. The van der Waals surface area contributed by atoms with Gasteiger partial charge in [0.1, 0.15) is 0 Å². The molecule has 0 aromatic carbocycles. The molecule has 0 spiro atoms. The predicted octanol–water partition coefficient (Wildman–Crippen LogP) is -1.36. The van der Waals surface area contributed by atoms with Crippen LogP contribution >= 0.6 is 0 Å². The summed E-state index contributed by atoms with van der Waals surface area (Å²) >= 11 is 0. The Morgan fingerprint density at radius 2 is 2.09 bits per heavy atom. The van der Waals surface area contributed by atoms with Crippen LogP contribution in [0.15, 0.2) is 12.2 Å². The largest absolute Gasteiger partial charge is 0.388 e. The van der Waals surface area contributed by atoms with E-state index in [4.69, 9.17) is 17.2 Å². The maximum absolute atomic E-state index is 9.64. The highest BCUT2D eigenvalue weighted by Gasteiger charge is 2.37. The van der Waals surface area contributed by atoms with E-state index < -0.39 is 11.3 Å². The van der Waals surface area contributed by atoms with Crippen molar-refractivity contribution in [3.8, 4) is 0 Å². The SMILES string of the molecule is CC1(O)CC(N)(N)C=CC1N. The van der Waals surface area contributed by atoms with Crippen LogP contribution in [0.3, 0.4) is 0 Å². The summed E-state index contributed by atoms with van der Waals surface area (Å²) in [6, 6.07) is -0.372. The van der Waals surface area contributed by atoms with E-state index in [0.717, 1.165) is 0 Å². The van der Waals surface area contributed by atoms with E-state index in [9.17, 15) is 5.11 Å². The molecule has 0 radical (unpaired) electrons. The van der Waals surface area contributed by atoms with Crippen molar-refractivity contribution in [3.05, 3.63) is 12.2 Å². The Morgan fingerprint density at radius 1 is 1.55 bits per heavy atom. The van der Waals surface area contributed by atoms with Gasteiger partial charge < -0.3 is 22.3 Å². The zero-order valence-electron chi connectivity index (χ0n) is 6.62. The summed E-state index contributed by atoms with van der Waals surface area (Å²) in [4.78, 5) is 0. The number of hydrogen-bond acceptors (Lipinski definition) is 4. The van der Waals surface area contributed by atoms with Gasteiger partial charge in [0.2, 0.25) is 0 Å². The normalized spacial score (nSPS) is 42.5. The Kier molecular flexibility index (Phi) is 1.80. The van der Waals surface area contributed by atoms with Gasteiger partial charge in [0.15, 0.2) is 0 Å². The average molecular weight is 157 g/mol. The van der Waals surface area contributed by atoms with E-state index in [-0.39, 0.29) is 12.5 Å². The fourth-order valence-electron chi connectivity index (χ4n) is 1.29. The average Bonchev–Trinajstić information content (AvgIpc) is 1.77. The molecule has 0 aromatic heterocycles. The van der Waals surface area contributed by atoms with E-state index in [0.29, 0.717) is 0 Å². The van der Waals surface area contributed by atoms with Crippen LogP contribution in [0, 0.1) is 0 Å². The van der Waals surface area contributed by atoms with Crippen molar-refractivity contribution in [2.75, 3.05) is 0 Å². The zero-order valence-corrected chi connectivity index (χ0v) is 6.62. The Balaban J connectivity index is 2.85. The lowest BCUT2D eigenvalue weighted by molar-refractivity contribution is 0.0171. The molecule has 4 nitrogen and oxygen atoms in total. The van der Waals surface area contributed by atoms with Gasteiger partial charge in [-0.2, -0.15) is 0 Å². The standard InChI is InChI=1S/C7H15N3O/c1-6(11)4-7(9,10)3-2-5(6)8/h2-3,5,11H,4,8-10H2,1H3. The summed E-state index contributed by atoms with van der Waals surface area (Å²) < 4.78 is 0. The van der Waals surface area contributed by atoms with E-state index in [2.05, 4.69) is 0 Å². The summed E-state index contributed by atoms with van der Waals surface area (Å²) in [5, 5.41) is 9.64. The Hall–Kier alpha value is -0.420. The summed E-state index contributed by atoms with van der Waals surface area (Å²) in [5.41, 5.74) is 14.9. The third-order valence-corrected chi connectivity index (χ3v) is 2.00. The molecule has 64 valence electrons. The van der Waals surface area contributed by atoms with Gasteiger partial charge in [0, 0.05) is 6.42 Å². The van der Waals surface area contributed by atoms with Crippen molar-refractivity contribution in [3.63, 3.8) is 0 Å². The van der Waals surface area contributed by atoms with Gasteiger partial charge in [-0.25, -0.2) is 0 Å². The molecule has 11 heavy (non-hydrogen) atoms. The molecule has 7 N–H and O–H groups in total. The molecule has 0 saturated heterocycles. The maximum Gasteiger partial charge on any atom is 0.0857 e. The zero-order chi connectivity index (χ0) is 8.70. The van der Waals surface area contributed by atoms with Crippen molar-refractivity contribution >= 4 is 0 Å². The minimum atomic E-state index is -0.988. The van der Waals surface area contributed by atoms with Gasteiger partial charge in [-0.05, 0) is 6.92 Å². The van der Waals surface area contributed by atoms with Gasteiger partial charge in [0.25, 0.3) is 0 Å². The molecule has 2 atom stereocenters. The van der Waals surface area contributed by atoms with E-state index in [1.165, 1.54) is 0 Å². The van der Waals surface area contributed by atoms with Crippen LogP contribution in [0.2, 0.25) is 0 Å².